The maximum absolute atomic E-state index is 12.5. The molecule has 0 saturated carbocycles. The minimum absolute atomic E-state index is 0.0119. The zero-order valence-electron chi connectivity index (χ0n) is 45.1. The quantitative estimate of drug-likeness (QED) is 0.0321. The summed E-state index contributed by atoms with van der Waals surface area (Å²) in [5.41, 5.74) is 0. The van der Waals surface area contributed by atoms with Gasteiger partial charge in [0.25, 0.3) is 0 Å². The first-order valence-corrected chi connectivity index (χ1v) is 30.1. The number of carbonyl (C=O) groups is 2. The molecule has 0 aromatic carbocycles. The van der Waals surface area contributed by atoms with Crippen LogP contribution in [0.2, 0.25) is 0 Å². The summed E-state index contributed by atoms with van der Waals surface area (Å²) in [5, 5.41) is 23.3. The van der Waals surface area contributed by atoms with Crippen molar-refractivity contribution in [3.63, 3.8) is 0 Å². The number of esters is 1. The molecule has 6 heteroatoms. The molecule has 0 radical (unpaired) electrons. The molecule has 0 heterocycles. The predicted octanol–water partition coefficient (Wildman–Crippen LogP) is 18.6. The number of aliphatic hydroxyl groups excluding tert-OH is 2. The van der Waals surface area contributed by atoms with Gasteiger partial charge in [-0.15, -0.1) is 0 Å². The molecule has 2 unspecified atom stereocenters. The molecule has 0 aromatic heterocycles. The summed E-state index contributed by atoms with van der Waals surface area (Å²) in [7, 11) is 0. The zero-order valence-corrected chi connectivity index (χ0v) is 45.1. The molecule has 6 nitrogen and oxygen atoms in total. The minimum Gasteiger partial charge on any atom is -0.466 e. The van der Waals surface area contributed by atoms with Crippen LogP contribution < -0.4 is 5.32 Å². The van der Waals surface area contributed by atoms with E-state index < -0.39 is 12.1 Å². The van der Waals surface area contributed by atoms with Crippen LogP contribution in [0.25, 0.3) is 0 Å². The first-order chi connectivity index (χ1) is 33.0. The highest BCUT2D eigenvalue weighted by Gasteiger charge is 2.20. The van der Waals surface area contributed by atoms with E-state index in [1.165, 1.54) is 238 Å². The van der Waals surface area contributed by atoms with Crippen LogP contribution in [0.5, 0.6) is 0 Å². The van der Waals surface area contributed by atoms with Crippen LogP contribution in [0.1, 0.15) is 328 Å². The monoisotopic (exact) mass is 944 g/mol. The Morgan fingerprint density at radius 1 is 0.418 bits per heavy atom. The van der Waals surface area contributed by atoms with E-state index in [-0.39, 0.29) is 18.5 Å². The van der Waals surface area contributed by atoms with Gasteiger partial charge in [-0.1, -0.05) is 282 Å². The van der Waals surface area contributed by atoms with Gasteiger partial charge < -0.3 is 20.3 Å². The fourth-order valence-electron chi connectivity index (χ4n) is 9.38. The van der Waals surface area contributed by atoms with Crippen molar-refractivity contribution in [1.82, 2.24) is 5.32 Å². The van der Waals surface area contributed by atoms with E-state index >= 15 is 0 Å². The number of hydrogen-bond donors (Lipinski definition) is 3. The number of unbranched alkanes of at least 4 members (excludes halogenated alkanes) is 41. The summed E-state index contributed by atoms with van der Waals surface area (Å²) in [5.74, 6) is -0.0574. The van der Waals surface area contributed by atoms with E-state index in [0.717, 1.165) is 57.8 Å². The second-order valence-electron chi connectivity index (χ2n) is 20.7. The normalized spacial score (nSPS) is 12.7. The highest BCUT2D eigenvalue weighted by Crippen LogP contribution is 2.18. The SMILES string of the molecule is CCCCCC/C=C\C/C=C\CCCCCCCCCC(=O)OCCCCCCCCCCCCCCCC(=O)NC(CO)C(O)CCCCCCCCCCCCCCCCCCCCC. The second-order valence-corrected chi connectivity index (χ2v) is 20.7. The molecular weight excluding hydrogens is 827 g/mol. The number of allylic oxidation sites excluding steroid dienone is 4. The number of ether oxygens (including phenoxy) is 1. The molecule has 0 rings (SSSR count). The van der Waals surface area contributed by atoms with Crippen LogP contribution in [0.15, 0.2) is 24.3 Å². The van der Waals surface area contributed by atoms with Crippen molar-refractivity contribution < 1.29 is 24.5 Å². The van der Waals surface area contributed by atoms with Crippen LogP contribution in [0, 0.1) is 0 Å². The highest BCUT2D eigenvalue weighted by atomic mass is 16.5. The molecule has 0 fully saturated rings. The second kappa shape index (κ2) is 56.9. The van der Waals surface area contributed by atoms with Gasteiger partial charge in [0, 0.05) is 12.8 Å². The molecule has 0 aliphatic carbocycles. The molecule has 0 spiro atoms. The van der Waals surface area contributed by atoms with Gasteiger partial charge in [-0.3, -0.25) is 9.59 Å². The van der Waals surface area contributed by atoms with Gasteiger partial charge in [0.15, 0.2) is 0 Å². The van der Waals surface area contributed by atoms with E-state index in [1.807, 2.05) is 0 Å². The third-order valence-corrected chi connectivity index (χ3v) is 14.0. The summed E-state index contributed by atoms with van der Waals surface area (Å²) >= 11 is 0. The molecule has 2 atom stereocenters. The number of amides is 1. The van der Waals surface area contributed by atoms with Crippen molar-refractivity contribution in [2.24, 2.45) is 0 Å². The highest BCUT2D eigenvalue weighted by molar-refractivity contribution is 5.76. The number of carbonyl (C=O) groups excluding carboxylic acids is 2. The van der Waals surface area contributed by atoms with Gasteiger partial charge in [0.2, 0.25) is 5.91 Å². The topological polar surface area (TPSA) is 95.9 Å². The lowest BCUT2D eigenvalue weighted by atomic mass is 10.0. The van der Waals surface area contributed by atoms with Gasteiger partial charge in [-0.2, -0.15) is 0 Å². The van der Waals surface area contributed by atoms with Crippen LogP contribution in [0.4, 0.5) is 0 Å². The molecule has 0 aliphatic rings. The number of nitrogens with one attached hydrogen (secondary N) is 1. The van der Waals surface area contributed by atoms with Crippen LogP contribution in [-0.2, 0) is 14.3 Å². The van der Waals surface area contributed by atoms with Crippen LogP contribution >= 0.6 is 0 Å². The van der Waals surface area contributed by atoms with Crippen molar-refractivity contribution in [3.05, 3.63) is 24.3 Å². The Kier molecular flexibility index (Phi) is 55.5. The predicted molar refractivity (Wildman–Crippen MR) is 292 cm³/mol. The fraction of sp³-hybridized carbons (Fsp3) is 0.902. The molecule has 1 amide bonds. The van der Waals surface area contributed by atoms with Gasteiger partial charge >= 0.3 is 5.97 Å². The Morgan fingerprint density at radius 3 is 1.15 bits per heavy atom. The lowest BCUT2D eigenvalue weighted by Gasteiger charge is -2.22. The average molecular weight is 945 g/mol. The third kappa shape index (κ3) is 53.5. The maximum Gasteiger partial charge on any atom is 0.305 e. The summed E-state index contributed by atoms with van der Waals surface area (Å²) in [6.07, 6.45) is 68.8. The number of aliphatic hydroxyl groups is 2. The largest absolute Gasteiger partial charge is 0.466 e. The minimum atomic E-state index is -0.674. The lowest BCUT2D eigenvalue weighted by Crippen LogP contribution is -2.45. The lowest BCUT2D eigenvalue weighted by molar-refractivity contribution is -0.143. The maximum atomic E-state index is 12.5. The molecule has 0 aliphatic heterocycles. The molecule has 396 valence electrons. The van der Waals surface area contributed by atoms with E-state index in [2.05, 4.69) is 43.5 Å². The summed E-state index contributed by atoms with van der Waals surface area (Å²) in [4.78, 5) is 24.6. The average Bonchev–Trinajstić information content (AvgIpc) is 3.33. The van der Waals surface area contributed by atoms with E-state index in [9.17, 15) is 19.8 Å². The zero-order chi connectivity index (χ0) is 48.6. The van der Waals surface area contributed by atoms with E-state index in [0.29, 0.717) is 25.9 Å². The van der Waals surface area contributed by atoms with E-state index in [4.69, 9.17) is 4.74 Å². The Hall–Kier alpha value is -1.66. The molecule has 3 N–H and O–H groups in total. The smallest absolute Gasteiger partial charge is 0.305 e. The Balaban J connectivity index is 3.44. The fourth-order valence-corrected chi connectivity index (χ4v) is 9.38. The summed E-state index contributed by atoms with van der Waals surface area (Å²) in [6.45, 7) is 4.93. The standard InChI is InChI=1S/C61H117NO5/c1-3-5-7-9-11-13-15-17-19-21-23-24-26-29-33-37-41-45-49-53-59(64)58(57-63)62-60(65)54-50-46-42-38-34-30-28-32-36-40-44-48-52-56-67-61(66)55-51-47-43-39-35-31-27-25-22-20-18-16-14-12-10-8-6-4-2/h14,16,20,22,58-59,63-64H,3-13,15,17-19,21,23-57H2,1-2H3,(H,62,65)/b16-14-,22-20-. The van der Waals surface area contributed by atoms with Crippen molar-refractivity contribution in [2.45, 2.75) is 341 Å². The molecular formula is C61H117NO5. The first-order valence-electron chi connectivity index (χ1n) is 30.1. The Labute approximate surface area is 418 Å². The van der Waals surface area contributed by atoms with Gasteiger partial charge in [0.05, 0.1) is 25.4 Å². The Bertz CT molecular complexity index is 1040. The number of hydrogen-bond acceptors (Lipinski definition) is 5. The molecule has 67 heavy (non-hydrogen) atoms. The molecule has 0 saturated heterocycles. The third-order valence-electron chi connectivity index (χ3n) is 14.0. The molecule has 0 aromatic rings. The van der Waals surface area contributed by atoms with Crippen LogP contribution in [-0.4, -0.2) is 47.4 Å². The van der Waals surface area contributed by atoms with Gasteiger partial charge in [0.1, 0.15) is 0 Å². The number of rotatable bonds is 56. The van der Waals surface area contributed by atoms with Gasteiger partial charge in [-0.05, 0) is 57.8 Å². The van der Waals surface area contributed by atoms with Crippen molar-refractivity contribution >= 4 is 11.9 Å². The Morgan fingerprint density at radius 2 is 0.746 bits per heavy atom. The summed E-state index contributed by atoms with van der Waals surface area (Å²) < 4.78 is 5.48. The van der Waals surface area contributed by atoms with Gasteiger partial charge in [-0.25, -0.2) is 0 Å². The van der Waals surface area contributed by atoms with Crippen LogP contribution in [0.3, 0.4) is 0 Å². The molecule has 0 bridgehead atoms. The van der Waals surface area contributed by atoms with E-state index in [1.54, 1.807) is 0 Å². The van der Waals surface area contributed by atoms with Crippen molar-refractivity contribution in [2.75, 3.05) is 13.2 Å². The van der Waals surface area contributed by atoms with Crippen molar-refractivity contribution in [3.8, 4) is 0 Å². The summed E-state index contributed by atoms with van der Waals surface area (Å²) in [6, 6.07) is -0.552. The van der Waals surface area contributed by atoms with Crippen molar-refractivity contribution in [1.29, 1.82) is 0 Å². The first kappa shape index (κ1) is 65.3.